The van der Waals surface area contributed by atoms with Crippen molar-refractivity contribution in [2.24, 2.45) is 23.2 Å². The van der Waals surface area contributed by atoms with Crippen molar-refractivity contribution in [1.29, 1.82) is 0 Å². The lowest BCUT2D eigenvalue weighted by Gasteiger charge is -2.57. The summed E-state index contributed by atoms with van der Waals surface area (Å²) < 4.78 is 43.3. The van der Waals surface area contributed by atoms with Crippen LogP contribution in [-0.2, 0) is 6.18 Å². The van der Waals surface area contributed by atoms with Crippen molar-refractivity contribution in [2.75, 3.05) is 44.7 Å². The number of aromatic hydroxyl groups is 1. The number of carbonyl (C=O) groups is 2. The van der Waals surface area contributed by atoms with Crippen LogP contribution in [0, 0.1) is 23.2 Å². The molecule has 1 N–H and O–H groups in total. The molecule has 1 aromatic heterocycles. The van der Waals surface area contributed by atoms with E-state index in [0.29, 0.717) is 42.9 Å². The molecule has 51 heavy (non-hydrogen) atoms. The van der Waals surface area contributed by atoms with Crippen LogP contribution in [0.2, 0.25) is 0 Å². The second-order valence-electron chi connectivity index (χ2n) is 15.4. The highest BCUT2D eigenvalue weighted by molar-refractivity contribution is 5.95. The van der Waals surface area contributed by atoms with E-state index in [9.17, 15) is 27.9 Å². The number of hydrogen-bond donors (Lipinski definition) is 1. The maximum Gasteiger partial charge on any atom is 0.416 e. The average molecular weight is 698 g/mol. The van der Waals surface area contributed by atoms with Gasteiger partial charge in [0.1, 0.15) is 5.75 Å². The van der Waals surface area contributed by atoms with Gasteiger partial charge in [0, 0.05) is 68.3 Å². The van der Waals surface area contributed by atoms with Gasteiger partial charge in [-0.25, -0.2) is 4.68 Å². The summed E-state index contributed by atoms with van der Waals surface area (Å²) >= 11 is 0. The third kappa shape index (κ3) is 6.70. The van der Waals surface area contributed by atoms with Crippen molar-refractivity contribution in [3.8, 4) is 22.6 Å². The number of nitrogens with zero attached hydrogens (tertiary/aromatic N) is 5. The maximum atomic E-state index is 14.0. The predicted octanol–water partition coefficient (Wildman–Crippen LogP) is 7.51. The Morgan fingerprint density at radius 3 is 2.14 bits per heavy atom. The molecule has 4 saturated carbocycles. The number of phenols is 1. The summed E-state index contributed by atoms with van der Waals surface area (Å²) in [5.74, 6) is 2.14. The number of amides is 2. The molecule has 0 atom stereocenters. The van der Waals surface area contributed by atoms with Gasteiger partial charge in [-0.3, -0.25) is 9.59 Å². The van der Waals surface area contributed by atoms with Crippen molar-refractivity contribution in [2.45, 2.75) is 44.7 Å². The Bertz CT molecular complexity index is 1910. The summed E-state index contributed by atoms with van der Waals surface area (Å²) in [6, 6.07) is 17.4. The molecule has 4 aromatic rings. The average Bonchev–Trinajstić information content (AvgIpc) is 3.61. The van der Waals surface area contributed by atoms with Crippen LogP contribution in [0.1, 0.15) is 64.8 Å². The van der Waals surface area contributed by atoms with Gasteiger partial charge in [0.05, 0.1) is 17.4 Å². The quantitative estimate of drug-likeness (QED) is 0.216. The van der Waals surface area contributed by atoms with E-state index in [1.807, 2.05) is 36.2 Å². The molecule has 0 spiro atoms. The van der Waals surface area contributed by atoms with E-state index in [1.165, 1.54) is 67.6 Å². The number of anilines is 1. The monoisotopic (exact) mass is 697 g/mol. The van der Waals surface area contributed by atoms with E-state index >= 15 is 0 Å². The highest BCUT2D eigenvalue weighted by atomic mass is 19.4. The van der Waals surface area contributed by atoms with Crippen LogP contribution in [0.15, 0.2) is 79.1 Å². The van der Waals surface area contributed by atoms with Gasteiger partial charge >= 0.3 is 6.18 Å². The first-order valence-electron chi connectivity index (χ1n) is 17.9. The van der Waals surface area contributed by atoms with Crippen LogP contribution >= 0.6 is 0 Å². The van der Waals surface area contributed by atoms with Crippen molar-refractivity contribution < 1.29 is 27.9 Å². The van der Waals surface area contributed by atoms with E-state index in [0.717, 1.165) is 42.1 Å². The molecule has 1 aliphatic heterocycles. The number of benzene rings is 3. The number of phenolic OH excluding ortho intramolecular Hbond substituents is 1. The van der Waals surface area contributed by atoms with Crippen molar-refractivity contribution in [3.05, 3.63) is 95.8 Å². The standard InChI is InChI=1S/C40H42F3N5O3/c1-45(25-39-20-26-13-27(21-39)15-28(14-26)22-39)37(50)29-5-7-34(8-6-29)46-9-11-47(12-10-46)38(51)31-16-33(40(41,42)43)19-35(17-31)48-24-32(23-44-48)30-3-2-4-36(49)18-30/h2-8,16-19,23-24,26-28,49H,9-15,20-22,25H2,1H3. The van der Waals surface area contributed by atoms with Gasteiger partial charge in [-0.15, -0.1) is 0 Å². The van der Waals surface area contributed by atoms with Gasteiger partial charge in [0.2, 0.25) is 0 Å². The van der Waals surface area contributed by atoms with E-state index in [-0.39, 0.29) is 28.3 Å². The first-order valence-corrected chi connectivity index (χ1v) is 17.9. The molecule has 9 rings (SSSR count). The molecule has 5 fully saturated rings. The predicted molar refractivity (Wildman–Crippen MR) is 188 cm³/mol. The van der Waals surface area contributed by atoms with Crippen LogP contribution in [0.5, 0.6) is 5.75 Å². The van der Waals surface area contributed by atoms with Crippen LogP contribution in [0.4, 0.5) is 18.9 Å². The Balaban J connectivity index is 0.916. The lowest BCUT2D eigenvalue weighted by Crippen LogP contribution is -2.51. The Kier molecular flexibility index (Phi) is 8.34. The first-order chi connectivity index (χ1) is 24.4. The van der Waals surface area contributed by atoms with Gasteiger partial charge in [0.15, 0.2) is 0 Å². The molecule has 5 aliphatic rings. The van der Waals surface area contributed by atoms with E-state index < -0.39 is 17.6 Å². The number of rotatable bonds is 7. The summed E-state index contributed by atoms with van der Waals surface area (Å²) in [6.45, 7) is 2.50. The molecule has 266 valence electrons. The SMILES string of the molecule is CN(CC12CC3CC(CC(C3)C1)C2)C(=O)c1ccc(N2CCN(C(=O)c3cc(-n4cc(-c5cccc(O)c5)cn4)cc(C(F)(F)F)c3)CC2)cc1. The topological polar surface area (TPSA) is 81.9 Å². The highest BCUT2D eigenvalue weighted by Gasteiger charge is 2.51. The number of piperazine rings is 1. The summed E-state index contributed by atoms with van der Waals surface area (Å²) in [6.07, 6.45) is 6.30. The minimum atomic E-state index is -4.66. The Morgan fingerprint density at radius 1 is 0.843 bits per heavy atom. The molecule has 0 radical (unpaired) electrons. The van der Waals surface area contributed by atoms with E-state index in [4.69, 9.17) is 0 Å². The summed E-state index contributed by atoms with van der Waals surface area (Å²) in [5.41, 5.74) is 2.24. The number of halogens is 3. The summed E-state index contributed by atoms with van der Waals surface area (Å²) in [5, 5.41) is 14.1. The zero-order chi connectivity index (χ0) is 35.5. The lowest BCUT2D eigenvalue weighted by molar-refractivity contribution is -0.137. The fourth-order valence-electron chi connectivity index (χ4n) is 9.77. The molecule has 2 heterocycles. The molecule has 2 amide bonds. The molecular formula is C40H42F3N5O3. The van der Waals surface area contributed by atoms with Gasteiger partial charge in [-0.1, -0.05) is 12.1 Å². The van der Waals surface area contributed by atoms with Crippen molar-refractivity contribution >= 4 is 17.5 Å². The summed E-state index contributed by atoms with van der Waals surface area (Å²) in [7, 11) is 1.93. The molecule has 4 bridgehead atoms. The molecular weight excluding hydrogens is 655 g/mol. The number of aromatic nitrogens is 2. The normalized spacial score (nSPS) is 24.2. The van der Waals surface area contributed by atoms with E-state index in [1.54, 1.807) is 23.2 Å². The Hall–Kier alpha value is -4.80. The smallest absolute Gasteiger partial charge is 0.416 e. The van der Waals surface area contributed by atoms with Gasteiger partial charge in [-0.2, -0.15) is 18.3 Å². The van der Waals surface area contributed by atoms with Crippen molar-refractivity contribution in [1.82, 2.24) is 19.6 Å². The summed E-state index contributed by atoms with van der Waals surface area (Å²) in [4.78, 5) is 32.7. The molecule has 11 heteroatoms. The second-order valence-corrected chi connectivity index (χ2v) is 15.4. The third-order valence-corrected chi connectivity index (χ3v) is 11.6. The number of alkyl halides is 3. The highest BCUT2D eigenvalue weighted by Crippen LogP contribution is 2.60. The van der Waals surface area contributed by atoms with Gasteiger partial charge in [0.25, 0.3) is 11.8 Å². The molecule has 0 unspecified atom stereocenters. The second kappa shape index (κ2) is 12.8. The van der Waals surface area contributed by atoms with Crippen molar-refractivity contribution in [3.63, 3.8) is 0 Å². The van der Waals surface area contributed by atoms with Gasteiger partial charge < -0.3 is 19.8 Å². The molecule has 1 saturated heterocycles. The first kappa shape index (κ1) is 33.3. The number of hydrogen-bond acceptors (Lipinski definition) is 5. The van der Waals surface area contributed by atoms with Crippen LogP contribution in [0.25, 0.3) is 16.8 Å². The number of carbonyl (C=O) groups excluding carboxylic acids is 2. The van der Waals surface area contributed by atoms with Gasteiger partial charge in [-0.05, 0) is 122 Å². The Morgan fingerprint density at radius 2 is 1.51 bits per heavy atom. The zero-order valence-electron chi connectivity index (χ0n) is 28.6. The van der Waals surface area contributed by atoms with E-state index in [2.05, 4.69) is 10.00 Å². The third-order valence-electron chi connectivity index (χ3n) is 11.6. The zero-order valence-corrected chi connectivity index (χ0v) is 28.6. The van der Waals surface area contributed by atoms with Crippen LogP contribution in [-0.4, -0.2) is 76.3 Å². The maximum absolute atomic E-state index is 14.0. The largest absolute Gasteiger partial charge is 0.508 e. The molecule has 8 nitrogen and oxygen atoms in total. The fraction of sp³-hybridized carbons (Fsp3) is 0.425. The fourth-order valence-corrected chi connectivity index (χ4v) is 9.77. The molecule has 4 aliphatic carbocycles. The lowest BCUT2D eigenvalue weighted by atomic mass is 9.49. The molecule has 3 aromatic carbocycles. The van der Waals surface area contributed by atoms with Crippen LogP contribution < -0.4 is 4.90 Å². The minimum absolute atomic E-state index is 0.0406. The Labute approximate surface area is 295 Å². The minimum Gasteiger partial charge on any atom is -0.508 e. The van der Waals surface area contributed by atoms with Crippen LogP contribution in [0.3, 0.4) is 0 Å².